The Bertz CT molecular complexity index is 220. The minimum absolute atomic E-state index is 0.158. The van der Waals surface area contributed by atoms with Crippen LogP contribution in [-0.2, 0) is 0 Å². The first-order chi connectivity index (χ1) is 7.50. The van der Waals surface area contributed by atoms with Crippen LogP contribution in [0.2, 0.25) is 0 Å². The Balaban J connectivity index is 2.26. The van der Waals surface area contributed by atoms with Crippen molar-refractivity contribution in [3.63, 3.8) is 0 Å². The Morgan fingerprint density at radius 2 is 1.75 bits per heavy atom. The lowest BCUT2D eigenvalue weighted by molar-refractivity contribution is 0.143. The maximum Gasteiger partial charge on any atom is 0.319 e. The number of carbonyl (C=O) groups is 1. The Hall–Kier alpha value is -0.770. The lowest BCUT2D eigenvalue weighted by atomic mass is 9.93. The molecule has 2 amide bonds. The van der Waals surface area contributed by atoms with E-state index in [9.17, 15) is 4.79 Å². The summed E-state index contributed by atoms with van der Waals surface area (Å²) in [7, 11) is 7.87. The molecule has 1 heterocycles. The van der Waals surface area contributed by atoms with Crippen LogP contribution >= 0.6 is 0 Å². The summed E-state index contributed by atoms with van der Waals surface area (Å²) >= 11 is 0. The Kier molecular flexibility index (Phi) is 5.06. The van der Waals surface area contributed by atoms with Gasteiger partial charge in [0.15, 0.2) is 0 Å². The first kappa shape index (κ1) is 13.3. The topological polar surface area (TPSA) is 26.8 Å². The van der Waals surface area contributed by atoms with Gasteiger partial charge in [-0.1, -0.05) is 0 Å². The smallest absolute Gasteiger partial charge is 0.319 e. The van der Waals surface area contributed by atoms with E-state index in [0.717, 1.165) is 38.4 Å². The van der Waals surface area contributed by atoms with Gasteiger partial charge in [-0.05, 0) is 45.8 Å². The van der Waals surface area contributed by atoms with Crippen LogP contribution in [0.25, 0.3) is 0 Å². The summed E-state index contributed by atoms with van der Waals surface area (Å²) in [6.45, 7) is 3.01. The van der Waals surface area contributed by atoms with Gasteiger partial charge in [-0.15, -0.1) is 0 Å². The Morgan fingerprint density at radius 3 is 2.19 bits per heavy atom. The molecule has 0 unspecified atom stereocenters. The predicted octanol–water partition coefficient (Wildman–Crippen LogP) is 1.33. The van der Waals surface area contributed by atoms with Crippen molar-refractivity contribution in [2.24, 2.45) is 5.92 Å². The lowest BCUT2D eigenvalue weighted by Gasteiger charge is -2.34. The second-order valence-electron chi connectivity index (χ2n) is 5.20. The van der Waals surface area contributed by atoms with E-state index in [1.54, 1.807) is 4.90 Å². The normalized spacial score (nSPS) is 17.9. The molecule has 4 heteroatoms. The minimum Gasteiger partial charge on any atom is -0.331 e. The summed E-state index contributed by atoms with van der Waals surface area (Å²) < 4.78 is 0. The Labute approximate surface area is 99.2 Å². The van der Waals surface area contributed by atoms with Crippen LogP contribution in [0.4, 0.5) is 4.79 Å². The van der Waals surface area contributed by atoms with Crippen molar-refractivity contribution in [1.82, 2.24) is 14.7 Å². The van der Waals surface area contributed by atoms with Crippen LogP contribution in [-0.4, -0.2) is 68.6 Å². The quantitative estimate of drug-likeness (QED) is 0.727. The molecule has 0 aromatic heterocycles. The maximum absolute atomic E-state index is 11.7. The van der Waals surface area contributed by atoms with E-state index in [-0.39, 0.29) is 6.03 Å². The molecule has 1 rings (SSSR count). The molecule has 1 saturated heterocycles. The molecule has 0 N–H and O–H groups in total. The highest BCUT2D eigenvalue weighted by Crippen LogP contribution is 2.20. The number of urea groups is 1. The van der Waals surface area contributed by atoms with Crippen LogP contribution in [0.15, 0.2) is 0 Å². The van der Waals surface area contributed by atoms with Crippen LogP contribution in [0.3, 0.4) is 0 Å². The average Bonchev–Trinajstić information content (AvgIpc) is 2.26. The minimum atomic E-state index is 0.158. The molecule has 0 bridgehead atoms. The van der Waals surface area contributed by atoms with Gasteiger partial charge in [0, 0.05) is 27.2 Å². The van der Waals surface area contributed by atoms with Gasteiger partial charge < -0.3 is 14.7 Å². The molecule has 0 aromatic carbocycles. The summed E-state index contributed by atoms with van der Waals surface area (Å²) in [5.41, 5.74) is 0. The third-order valence-electron chi connectivity index (χ3n) is 3.25. The third kappa shape index (κ3) is 4.00. The first-order valence-corrected chi connectivity index (χ1v) is 6.11. The number of amides is 2. The third-order valence-corrected chi connectivity index (χ3v) is 3.25. The second kappa shape index (κ2) is 6.09. The standard InChI is InChI=1S/C12H25N3O/c1-13(2)8-5-11-6-9-15(10-7-11)12(16)14(3)4/h11H,5-10H2,1-4H3. The number of piperidine rings is 1. The van der Waals surface area contributed by atoms with Crippen LogP contribution in [0.1, 0.15) is 19.3 Å². The van der Waals surface area contributed by atoms with Crippen LogP contribution < -0.4 is 0 Å². The molecule has 16 heavy (non-hydrogen) atoms. The second-order valence-corrected chi connectivity index (χ2v) is 5.20. The average molecular weight is 227 g/mol. The van der Waals surface area contributed by atoms with Gasteiger partial charge in [-0.2, -0.15) is 0 Å². The molecule has 1 aliphatic rings. The molecule has 0 saturated carbocycles. The molecule has 0 aromatic rings. The van der Waals surface area contributed by atoms with Crippen molar-refractivity contribution in [2.75, 3.05) is 47.8 Å². The van der Waals surface area contributed by atoms with Gasteiger partial charge >= 0.3 is 6.03 Å². The van der Waals surface area contributed by atoms with Gasteiger partial charge in [-0.3, -0.25) is 0 Å². The van der Waals surface area contributed by atoms with Gasteiger partial charge in [0.25, 0.3) is 0 Å². The lowest BCUT2D eigenvalue weighted by Crippen LogP contribution is -2.44. The zero-order valence-electron chi connectivity index (χ0n) is 11.1. The van der Waals surface area contributed by atoms with Crippen molar-refractivity contribution in [2.45, 2.75) is 19.3 Å². The molecule has 94 valence electrons. The van der Waals surface area contributed by atoms with Gasteiger partial charge in [0.1, 0.15) is 0 Å². The number of hydrogen-bond acceptors (Lipinski definition) is 2. The summed E-state index contributed by atoms with van der Waals surface area (Å²) in [4.78, 5) is 17.6. The summed E-state index contributed by atoms with van der Waals surface area (Å²) in [5.74, 6) is 0.800. The fourth-order valence-corrected chi connectivity index (χ4v) is 2.14. The number of likely N-dealkylation sites (tertiary alicyclic amines) is 1. The van der Waals surface area contributed by atoms with Crippen LogP contribution in [0.5, 0.6) is 0 Å². The highest BCUT2D eigenvalue weighted by molar-refractivity contribution is 5.73. The fraction of sp³-hybridized carbons (Fsp3) is 0.917. The molecular weight excluding hydrogens is 202 g/mol. The number of rotatable bonds is 3. The van der Waals surface area contributed by atoms with Crippen molar-refractivity contribution >= 4 is 6.03 Å². The van der Waals surface area contributed by atoms with E-state index in [0.29, 0.717) is 0 Å². The molecule has 4 nitrogen and oxygen atoms in total. The molecule has 0 aliphatic carbocycles. The molecular formula is C12H25N3O. The number of nitrogens with zero attached hydrogens (tertiary/aromatic N) is 3. The zero-order chi connectivity index (χ0) is 12.1. The van der Waals surface area contributed by atoms with Crippen molar-refractivity contribution in [3.8, 4) is 0 Å². The van der Waals surface area contributed by atoms with E-state index >= 15 is 0 Å². The monoisotopic (exact) mass is 227 g/mol. The van der Waals surface area contributed by atoms with Crippen molar-refractivity contribution < 1.29 is 4.79 Å². The van der Waals surface area contributed by atoms with Gasteiger partial charge in [0.2, 0.25) is 0 Å². The number of hydrogen-bond donors (Lipinski definition) is 0. The molecule has 0 spiro atoms. The van der Waals surface area contributed by atoms with E-state index in [1.165, 1.54) is 6.42 Å². The van der Waals surface area contributed by atoms with Crippen LogP contribution in [0, 0.1) is 5.92 Å². The largest absolute Gasteiger partial charge is 0.331 e. The summed E-state index contributed by atoms with van der Waals surface area (Å²) in [5, 5.41) is 0. The summed E-state index contributed by atoms with van der Waals surface area (Å²) in [6, 6.07) is 0.158. The van der Waals surface area contributed by atoms with Gasteiger partial charge in [-0.25, -0.2) is 4.79 Å². The highest BCUT2D eigenvalue weighted by atomic mass is 16.2. The summed E-state index contributed by atoms with van der Waals surface area (Å²) in [6.07, 6.45) is 3.58. The molecule has 1 aliphatic heterocycles. The van der Waals surface area contributed by atoms with Crippen molar-refractivity contribution in [3.05, 3.63) is 0 Å². The van der Waals surface area contributed by atoms with E-state index in [2.05, 4.69) is 19.0 Å². The highest BCUT2D eigenvalue weighted by Gasteiger charge is 2.23. The zero-order valence-corrected chi connectivity index (χ0v) is 11.1. The Morgan fingerprint density at radius 1 is 1.19 bits per heavy atom. The fourth-order valence-electron chi connectivity index (χ4n) is 2.14. The molecule has 0 atom stereocenters. The molecule has 1 fully saturated rings. The number of carbonyl (C=O) groups excluding carboxylic acids is 1. The SMILES string of the molecule is CN(C)CCC1CCN(C(=O)N(C)C)CC1. The van der Waals surface area contributed by atoms with E-state index in [4.69, 9.17) is 0 Å². The van der Waals surface area contributed by atoms with E-state index in [1.807, 2.05) is 19.0 Å². The molecule has 0 radical (unpaired) electrons. The van der Waals surface area contributed by atoms with Gasteiger partial charge in [0.05, 0.1) is 0 Å². The maximum atomic E-state index is 11.7. The van der Waals surface area contributed by atoms with Crippen molar-refractivity contribution in [1.29, 1.82) is 0 Å². The predicted molar refractivity (Wildman–Crippen MR) is 66.6 cm³/mol. The first-order valence-electron chi connectivity index (χ1n) is 6.11. The van der Waals surface area contributed by atoms with E-state index < -0.39 is 0 Å².